The molecule has 49 heavy (non-hydrogen) atoms. The third kappa shape index (κ3) is 11.1. The summed E-state index contributed by atoms with van der Waals surface area (Å²) in [6.45, 7) is 21.9. The first kappa shape index (κ1) is 40.6. The Morgan fingerprint density at radius 1 is 0.959 bits per heavy atom. The van der Waals surface area contributed by atoms with Crippen LogP contribution in [0.4, 0.5) is 0 Å². The summed E-state index contributed by atoms with van der Waals surface area (Å²) in [4.78, 5) is 30.0. The van der Waals surface area contributed by atoms with Gasteiger partial charge in [0.05, 0.1) is 33.4 Å². The summed E-state index contributed by atoms with van der Waals surface area (Å²) < 4.78 is 36.6. The lowest BCUT2D eigenvalue weighted by molar-refractivity contribution is -0.161. The SMILES string of the molecule is C=CCOC[C@H](COc1cc([C@@H](C(=O)N2CCCC[C@H]2C(=O)O[C@H](C)CC=C)C2CCCCC2)cc(OC)c1OC)O[Si](C)(C)C(C)(C)C. The second-order valence-electron chi connectivity index (χ2n) is 15.1. The Hall–Kier alpha value is -2.82. The number of piperidine rings is 1. The number of methoxy groups -OCH3 is 2. The Labute approximate surface area is 296 Å². The molecule has 0 radical (unpaired) electrons. The van der Waals surface area contributed by atoms with E-state index in [1.165, 1.54) is 0 Å². The van der Waals surface area contributed by atoms with Gasteiger partial charge in [-0.2, -0.15) is 0 Å². The van der Waals surface area contributed by atoms with Gasteiger partial charge < -0.3 is 33.0 Å². The Morgan fingerprint density at radius 3 is 2.24 bits per heavy atom. The summed E-state index contributed by atoms with van der Waals surface area (Å²) in [5.74, 6) is 0.679. The largest absolute Gasteiger partial charge is 0.493 e. The van der Waals surface area contributed by atoms with Crippen molar-refractivity contribution in [3.8, 4) is 17.2 Å². The fourth-order valence-electron chi connectivity index (χ4n) is 6.67. The third-order valence-corrected chi connectivity index (χ3v) is 14.9. The fraction of sp³-hybridized carbons (Fsp3) is 0.692. The van der Waals surface area contributed by atoms with Crippen molar-refractivity contribution in [3.63, 3.8) is 0 Å². The lowest BCUT2D eigenvalue weighted by atomic mass is 9.75. The van der Waals surface area contributed by atoms with Gasteiger partial charge in [0.2, 0.25) is 11.7 Å². The zero-order chi connectivity index (χ0) is 36.2. The van der Waals surface area contributed by atoms with Crippen molar-refractivity contribution in [3.05, 3.63) is 43.0 Å². The second-order valence-corrected chi connectivity index (χ2v) is 19.8. The molecular formula is C39H63NO8Si. The zero-order valence-corrected chi connectivity index (χ0v) is 32.5. The van der Waals surface area contributed by atoms with Gasteiger partial charge in [-0.05, 0) is 80.8 Å². The van der Waals surface area contributed by atoms with Gasteiger partial charge in [0, 0.05) is 13.0 Å². The van der Waals surface area contributed by atoms with Crippen molar-refractivity contribution in [2.24, 2.45) is 5.92 Å². The van der Waals surface area contributed by atoms with Crippen LogP contribution < -0.4 is 14.2 Å². The van der Waals surface area contributed by atoms with Crippen molar-refractivity contribution in [1.82, 2.24) is 4.90 Å². The first-order chi connectivity index (χ1) is 23.3. The Bertz CT molecular complexity index is 1240. The van der Waals surface area contributed by atoms with E-state index in [9.17, 15) is 9.59 Å². The van der Waals surface area contributed by atoms with Crippen molar-refractivity contribution in [2.45, 2.75) is 128 Å². The van der Waals surface area contributed by atoms with Crippen LogP contribution >= 0.6 is 0 Å². The number of hydrogen-bond acceptors (Lipinski definition) is 8. The highest BCUT2D eigenvalue weighted by Gasteiger charge is 2.42. The van der Waals surface area contributed by atoms with E-state index in [0.717, 1.165) is 50.5 Å². The number of hydrogen-bond donors (Lipinski definition) is 0. The van der Waals surface area contributed by atoms with E-state index in [-0.39, 0.29) is 41.6 Å². The highest BCUT2D eigenvalue weighted by molar-refractivity contribution is 6.74. The summed E-state index contributed by atoms with van der Waals surface area (Å²) >= 11 is 0. The van der Waals surface area contributed by atoms with E-state index in [4.69, 9.17) is 28.1 Å². The molecule has 0 bridgehead atoms. The lowest BCUT2D eigenvalue weighted by Gasteiger charge is -2.40. The summed E-state index contributed by atoms with van der Waals surface area (Å²) in [5.41, 5.74) is 0.798. The molecule has 10 heteroatoms. The maximum atomic E-state index is 14.8. The van der Waals surface area contributed by atoms with E-state index in [0.29, 0.717) is 49.8 Å². The van der Waals surface area contributed by atoms with Gasteiger partial charge in [-0.15, -0.1) is 13.2 Å². The van der Waals surface area contributed by atoms with Gasteiger partial charge in [0.1, 0.15) is 24.9 Å². The minimum absolute atomic E-state index is 0.000517. The molecule has 3 rings (SSSR count). The molecule has 1 amide bonds. The first-order valence-electron chi connectivity index (χ1n) is 18.1. The number of esters is 1. The molecular weight excluding hydrogens is 639 g/mol. The van der Waals surface area contributed by atoms with Crippen molar-refractivity contribution in [2.75, 3.05) is 40.6 Å². The number of ether oxygens (including phenoxy) is 5. The maximum absolute atomic E-state index is 14.8. The van der Waals surface area contributed by atoms with Crippen LogP contribution in [-0.4, -0.2) is 83.9 Å². The molecule has 0 unspecified atom stereocenters. The van der Waals surface area contributed by atoms with Crippen LogP contribution in [0.1, 0.15) is 97.0 Å². The van der Waals surface area contributed by atoms with Crippen LogP contribution in [0.5, 0.6) is 17.2 Å². The number of benzene rings is 1. The standard InChI is InChI=1S/C39H63NO8Si/c1-11-18-28(3)47-38(42)32-21-16-17-22-40(32)37(41)35(29-19-14-13-15-20-29)30-24-33(43-7)36(44-8)34(25-30)46-27-31(26-45-23-12-2)48-49(9,10)39(4,5)6/h11-12,24-25,28-29,31-32,35H,1-2,13-23,26-27H2,3-10H3/t28-,31-,32+,35+/m1/s1. The zero-order valence-electron chi connectivity index (χ0n) is 31.5. The maximum Gasteiger partial charge on any atom is 0.329 e. The number of nitrogens with zero attached hydrogens (tertiary/aromatic N) is 1. The molecule has 1 aromatic rings. The van der Waals surface area contributed by atoms with Gasteiger partial charge in [0.15, 0.2) is 19.8 Å². The molecule has 0 N–H and O–H groups in total. The number of carbonyl (C=O) groups excluding carboxylic acids is 2. The molecule has 1 saturated heterocycles. The monoisotopic (exact) mass is 701 g/mol. The molecule has 1 aliphatic heterocycles. The smallest absolute Gasteiger partial charge is 0.329 e. The van der Waals surface area contributed by atoms with Crippen molar-refractivity contribution >= 4 is 20.2 Å². The predicted octanol–water partition coefficient (Wildman–Crippen LogP) is 8.23. The Morgan fingerprint density at radius 2 is 1.63 bits per heavy atom. The van der Waals surface area contributed by atoms with Gasteiger partial charge in [-0.3, -0.25) is 4.79 Å². The normalized spacial score (nSPS) is 19.3. The van der Waals surface area contributed by atoms with Crippen LogP contribution in [0.2, 0.25) is 18.1 Å². The van der Waals surface area contributed by atoms with E-state index < -0.39 is 20.3 Å². The van der Waals surface area contributed by atoms with Crippen molar-refractivity contribution in [1.29, 1.82) is 0 Å². The fourth-order valence-corrected chi connectivity index (χ4v) is 8.00. The average molecular weight is 702 g/mol. The van der Waals surface area contributed by atoms with Gasteiger partial charge in [-0.1, -0.05) is 52.2 Å². The molecule has 1 aromatic carbocycles. The molecule has 276 valence electrons. The highest BCUT2D eigenvalue weighted by atomic mass is 28.4. The summed E-state index contributed by atoms with van der Waals surface area (Å²) in [7, 11) is 1.02. The van der Waals surface area contributed by atoms with Gasteiger partial charge in [-0.25, -0.2) is 4.79 Å². The molecule has 0 aromatic heterocycles. The molecule has 1 saturated carbocycles. The topological polar surface area (TPSA) is 92.8 Å². The molecule has 1 aliphatic carbocycles. The second kappa shape index (κ2) is 19.0. The molecule has 2 aliphatic rings. The Kier molecular flexibility index (Phi) is 15.7. The van der Waals surface area contributed by atoms with Gasteiger partial charge in [0.25, 0.3) is 0 Å². The van der Waals surface area contributed by atoms with Crippen LogP contribution in [0.15, 0.2) is 37.4 Å². The van der Waals surface area contributed by atoms with Crippen LogP contribution in [0, 0.1) is 5.92 Å². The first-order valence-corrected chi connectivity index (χ1v) is 21.1. The average Bonchev–Trinajstić information content (AvgIpc) is 3.06. The number of amides is 1. The van der Waals surface area contributed by atoms with Crippen LogP contribution in [0.3, 0.4) is 0 Å². The van der Waals surface area contributed by atoms with E-state index in [1.54, 1.807) is 31.3 Å². The Balaban J connectivity index is 2.01. The molecule has 0 spiro atoms. The molecule has 4 atom stereocenters. The molecule has 9 nitrogen and oxygen atoms in total. The number of rotatable bonds is 18. The number of likely N-dealkylation sites (tertiary alicyclic amines) is 1. The minimum Gasteiger partial charge on any atom is -0.493 e. The summed E-state index contributed by atoms with van der Waals surface area (Å²) in [5, 5.41) is 0.000517. The molecule has 2 fully saturated rings. The minimum atomic E-state index is -2.16. The number of carbonyl (C=O) groups is 2. The lowest BCUT2D eigenvalue weighted by Crippen LogP contribution is -2.51. The summed E-state index contributed by atoms with van der Waals surface area (Å²) in [6, 6.07) is 3.22. The van der Waals surface area contributed by atoms with E-state index in [1.807, 2.05) is 19.1 Å². The van der Waals surface area contributed by atoms with Crippen molar-refractivity contribution < 1.29 is 37.7 Å². The third-order valence-electron chi connectivity index (χ3n) is 10.3. The van der Waals surface area contributed by atoms with Crippen LogP contribution in [-0.2, 0) is 23.5 Å². The predicted molar refractivity (Wildman–Crippen MR) is 197 cm³/mol. The molecule has 1 heterocycles. The van der Waals surface area contributed by atoms with Crippen LogP contribution in [0.25, 0.3) is 0 Å². The van der Waals surface area contributed by atoms with E-state index >= 15 is 0 Å². The van der Waals surface area contributed by atoms with E-state index in [2.05, 4.69) is 47.0 Å². The summed E-state index contributed by atoms with van der Waals surface area (Å²) in [6.07, 6.45) is 10.9. The van der Waals surface area contributed by atoms with Gasteiger partial charge >= 0.3 is 5.97 Å². The highest BCUT2D eigenvalue weighted by Crippen LogP contribution is 2.45. The quantitative estimate of drug-likeness (QED) is 0.0655.